The Labute approximate surface area is 168 Å². The Morgan fingerprint density at radius 1 is 1.07 bits per heavy atom. The summed E-state index contributed by atoms with van der Waals surface area (Å²) in [6, 6.07) is 7.26. The zero-order chi connectivity index (χ0) is 22.3. The molecule has 1 heterocycles. The molecule has 0 aliphatic carbocycles. The van der Waals surface area contributed by atoms with Crippen LogP contribution in [0.4, 0.5) is 18.9 Å². The number of alkyl halides is 3. The highest BCUT2D eigenvalue weighted by Gasteiger charge is 2.31. The molecule has 1 aromatic heterocycles. The molecule has 1 aromatic carbocycles. The van der Waals surface area contributed by atoms with Crippen LogP contribution in [0, 0.1) is 0 Å². The van der Waals surface area contributed by atoms with Gasteiger partial charge in [0.05, 0.1) is 23.4 Å². The Bertz CT molecular complexity index is 1000. The number of para-hydroxylation sites is 1. The Morgan fingerprint density at radius 2 is 1.77 bits per heavy atom. The number of hydrogen-bond acceptors (Lipinski definition) is 6. The molecule has 0 saturated heterocycles. The number of anilines is 1. The number of halogens is 3. The topological polar surface area (TPSA) is 104 Å². The van der Waals surface area contributed by atoms with Gasteiger partial charge in [-0.15, -0.1) is 0 Å². The van der Waals surface area contributed by atoms with Gasteiger partial charge in [0, 0.05) is 12.3 Å². The van der Waals surface area contributed by atoms with Crippen LogP contribution in [-0.4, -0.2) is 35.6 Å². The van der Waals surface area contributed by atoms with Gasteiger partial charge < -0.3 is 19.4 Å². The van der Waals surface area contributed by atoms with Crippen molar-refractivity contribution in [2.45, 2.75) is 19.6 Å². The molecule has 2 rings (SSSR count). The first kappa shape index (κ1) is 22.7. The molecule has 0 aliphatic heterocycles. The second-order valence-corrected chi connectivity index (χ2v) is 5.86. The van der Waals surface area contributed by atoms with Crippen molar-refractivity contribution in [1.82, 2.24) is 4.57 Å². The maximum atomic E-state index is 12.7. The Morgan fingerprint density at radius 3 is 2.43 bits per heavy atom. The lowest BCUT2D eigenvalue weighted by Crippen LogP contribution is -2.28. The molecule has 0 atom stereocenters. The van der Waals surface area contributed by atoms with Gasteiger partial charge in [0.1, 0.15) is 6.54 Å². The predicted molar refractivity (Wildman–Crippen MR) is 97.7 cm³/mol. The van der Waals surface area contributed by atoms with Crippen LogP contribution < -0.4 is 10.9 Å². The smallest absolute Gasteiger partial charge is 0.417 e. The summed E-state index contributed by atoms with van der Waals surface area (Å²) in [5, 5.41) is 2.38. The van der Waals surface area contributed by atoms with Crippen molar-refractivity contribution >= 4 is 23.5 Å². The molecule has 0 radical (unpaired) electrons. The largest absolute Gasteiger partial charge is 0.462 e. The highest BCUT2D eigenvalue weighted by Crippen LogP contribution is 2.28. The predicted octanol–water partition coefficient (Wildman–Crippen LogP) is 2.23. The average molecular weight is 426 g/mol. The minimum atomic E-state index is -4.69. The van der Waals surface area contributed by atoms with E-state index in [1.54, 1.807) is 19.1 Å². The fraction of sp³-hybridized carbons (Fsp3) is 0.263. The van der Waals surface area contributed by atoms with Gasteiger partial charge in [-0.25, -0.2) is 4.79 Å². The highest BCUT2D eigenvalue weighted by atomic mass is 19.4. The molecule has 1 N–H and O–H groups in total. The maximum Gasteiger partial charge on any atom is 0.417 e. The summed E-state index contributed by atoms with van der Waals surface area (Å²) >= 11 is 0. The Kier molecular flexibility index (Phi) is 7.34. The average Bonchev–Trinajstić information content (AvgIpc) is 2.68. The molecular weight excluding hydrogens is 409 g/mol. The van der Waals surface area contributed by atoms with Crippen molar-refractivity contribution in [3.63, 3.8) is 0 Å². The van der Waals surface area contributed by atoms with Crippen LogP contribution in [0.1, 0.15) is 22.8 Å². The number of amides is 1. The number of benzene rings is 1. The van der Waals surface area contributed by atoms with Crippen LogP contribution >= 0.6 is 0 Å². The standard InChI is InChI=1S/C19H17F3N2O6/c1-2-29-18(28)13-5-3-4-6-14(13)23-15(25)11-30-17(27)10-24-9-12(19(20,21)22)7-8-16(24)26/h3-9H,2,10-11H2,1H3,(H,23,25). The first-order valence-corrected chi connectivity index (χ1v) is 8.61. The van der Waals surface area contributed by atoms with E-state index < -0.39 is 48.3 Å². The number of carbonyl (C=O) groups is 3. The normalized spacial score (nSPS) is 10.9. The molecule has 0 unspecified atom stereocenters. The summed E-state index contributed by atoms with van der Waals surface area (Å²) in [4.78, 5) is 47.3. The summed E-state index contributed by atoms with van der Waals surface area (Å²) in [6.07, 6.45) is -4.20. The number of ether oxygens (including phenoxy) is 2. The van der Waals surface area contributed by atoms with Gasteiger partial charge in [-0.05, 0) is 25.1 Å². The molecule has 0 bridgehead atoms. The molecule has 160 valence electrons. The summed E-state index contributed by atoms with van der Waals surface area (Å²) in [6.45, 7) is 0.168. The summed E-state index contributed by atoms with van der Waals surface area (Å²) in [5.74, 6) is -2.55. The Hall–Kier alpha value is -3.63. The zero-order valence-electron chi connectivity index (χ0n) is 15.7. The minimum Gasteiger partial charge on any atom is -0.462 e. The number of aromatic nitrogens is 1. The van der Waals surface area contributed by atoms with Crippen LogP contribution in [0.15, 0.2) is 47.4 Å². The van der Waals surface area contributed by atoms with Crippen molar-refractivity contribution in [2.24, 2.45) is 0 Å². The first-order chi connectivity index (χ1) is 14.1. The van der Waals surface area contributed by atoms with Gasteiger partial charge in [0.2, 0.25) is 0 Å². The van der Waals surface area contributed by atoms with Crippen molar-refractivity contribution in [3.8, 4) is 0 Å². The molecule has 1 amide bonds. The quantitative estimate of drug-likeness (QED) is 0.681. The minimum absolute atomic E-state index is 0.0922. The summed E-state index contributed by atoms with van der Waals surface area (Å²) in [7, 11) is 0. The zero-order valence-corrected chi connectivity index (χ0v) is 15.7. The number of nitrogens with zero attached hydrogens (tertiary/aromatic N) is 1. The van der Waals surface area contributed by atoms with Gasteiger partial charge in [0.25, 0.3) is 11.5 Å². The van der Waals surface area contributed by atoms with E-state index in [9.17, 15) is 32.3 Å². The summed E-state index contributed by atoms with van der Waals surface area (Å²) < 4.78 is 48.3. The molecule has 0 spiro atoms. The molecule has 11 heteroatoms. The van der Waals surface area contributed by atoms with Crippen molar-refractivity contribution in [2.75, 3.05) is 18.5 Å². The lowest BCUT2D eigenvalue weighted by Gasteiger charge is -2.12. The van der Waals surface area contributed by atoms with E-state index in [1.807, 2.05) is 0 Å². The fourth-order valence-electron chi connectivity index (χ4n) is 2.32. The molecular formula is C19H17F3N2O6. The lowest BCUT2D eigenvalue weighted by atomic mass is 10.2. The molecule has 2 aromatic rings. The van der Waals surface area contributed by atoms with E-state index in [2.05, 4.69) is 5.32 Å². The van der Waals surface area contributed by atoms with Crippen LogP contribution in [-0.2, 0) is 31.8 Å². The Balaban J connectivity index is 1.97. The van der Waals surface area contributed by atoms with Gasteiger partial charge >= 0.3 is 18.1 Å². The van der Waals surface area contributed by atoms with Crippen molar-refractivity contribution in [1.29, 1.82) is 0 Å². The SMILES string of the molecule is CCOC(=O)c1ccccc1NC(=O)COC(=O)Cn1cc(C(F)(F)F)ccc1=O. The van der Waals surface area contributed by atoms with E-state index in [-0.39, 0.29) is 17.9 Å². The third-order valence-electron chi connectivity index (χ3n) is 3.67. The van der Waals surface area contributed by atoms with Crippen LogP contribution in [0.3, 0.4) is 0 Å². The van der Waals surface area contributed by atoms with E-state index in [0.717, 1.165) is 0 Å². The highest BCUT2D eigenvalue weighted by molar-refractivity contribution is 6.01. The molecule has 8 nitrogen and oxygen atoms in total. The second-order valence-electron chi connectivity index (χ2n) is 5.86. The van der Waals surface area contributed by atoms with Crippen LogP contribution in [0.25, 0.3) is 0 Å². The molecule has 0 fully saturated rings. The van der Waals surface area contributed by atoms with Crippen molar-refractivity contribution in [3.05, 3.63) is 64.1 Å². The van der Waals surface area contributed by atoms with E-state index >= 15 is 0 Å². The number of nitrogens with one attached hydrogen (secondary N) is 1. The van der Waals surface area contributed by atoms with E-state index in [4.69, 9.17) is 9.47 Å². The van der Waals surface area contributed by atoms with E-state index in [0.29, 0.717) is 22.9 Å². The van der Waals surface area contributed by atoms with Gasteiger partial charge in [0.15, 0.2) is 6.61 Å². The third-order valence-corrected chi connectivity index (χ3v) is 3.67. The molecule has 30 heavy (non-hydrogen) atoms. The number of hydrogen-bond donors (Lipinski definition) is 1. The van der Waals surface area contributed by atoms with Gasteiger partial charge in [-0.3, -0.25) is 14.4 Å². The number of pyridine rings is 1. The lowest BCUT2D eigenvalue weighted by molar-refractivity contribution is -0.148. The fourth-order valence-corrected chi connectivity index (χ4v) is 2.32. The van der Waals surface area contributed by atoms with Gasteiger partial charge in [-0.1, -0.05) is 12.1 Å². The number of rotatable bonds is 7. The van der Waals surface area contributed by atoms with E-state index in [1.165, 1.54) is 12.1 Å². The molecule has 0 aliphatic rings. The van der Waals surface area contributed by atoms with Crippen LogP contribution in [0.5, 0.6) is 0 Å². The van der Waals surface area contributed by atoms with Crippen molar-refractivity contribution < 1.29 is 37.0 Å². The number of carbonyl (C=O) groups excluding carboxylic acids is 3. The molecule has 0 saturated carbocycles. The van der Waals surface area contributed by atoms with Gasteiger partial charge in [-0.2, -0.15) is 13.2 Å². The van der Waals surface area contributed by atoms with Crippen LogP contribution in [0.2, 0.25) is 0 Å². The number of esters is 2. The monoisotopic (exact) mass is 426 g/mol. The maximum absolute atomic E-state index is 12.7. The first-order valence-electron chi connectivity index (χ1n) is 8.61. The third kappa shape index (κ3) is 6.19. The summed E-state index contributed by atoms with van der Waals surface area (Å²) in [5.41, 5.74) is -1.73. The second kappa shape index (κ2) is 9.72.